The van der Waals surface area contributed by atoms with Crippen molar-refractivity contribution in [1.82, 2.24) is 9.80 Å². The lowest BCUT2D eigenvalue weighted by Crippen LogP contribution is -2.44. The lowest BCUT2D eigenvalue weighted by atomic mass is 9.73. The molecule has 2 saturated heterocycles. The fraction of sp³-hybridized carbons (Fsp3) is 0.600. The number of aryl methyl sites for hydroxylation is 1. The van der Waals surface area contributed by atoms with Gasteiger partial charge >= 0.3 is 6.03 Å². The summed E-state index contributed by atoms with van der Waals surface area (Å²) in [6, 6.07) is 3.88. The molecular formula is C30H43Br2ClN4O2. The van der Waals surface area contributed by atoms with Gasteiger partial charge in [-0.25, -0.2) is 4.79 Å². The SMILES string of the molecule is CC/C=C1/CCCc2cc(Cl)cc(Br)c2C(C2CCN(C(=O)CC3CCN(C(N)=O)CC3)CC2)C1.N/C=C/Br. The number of urea groups is 1. The summed E-state index contributed by atoms with van der Waals surface area (Å²) in [4.78, 5) is 29.8. The highest BCUT2D eigenvalue weighted by atomic mass is 79.9. The number of likely N-dealkylation sites (tertiary alicyclic amines) is 2. The van der Waals surface area contributed by atoms with Crippen LogP contribution in [-0.4, -0.2) is 47.9 Å². The fourth-order valence-corrected chi connectivity index (χ4v) is 7.58. The average Bonchev–Trinajstić information content (AvgIpc) is 2.91. The molecule has 2 fully saturated rings. The Morgan fingerprint density at radius 1 is 1.08 bits per heavy atom. The van der Waals surface area contributed by atoms with Gasteiger partial charge in [0.25, 0.3) is 0 Å². The molecule has 3 aliphatic rings. The second-order valence-corrected chi connectivity index (χ2v) is 12.7. The monoisotopic (exact) mass is 684 g/mol. The highest BCUT2D eigenvalue weighted by molar-refractivity contribution is 9.11. The van der Waals surface area contributed by atoms with Gasteiger partial charge in [0.05, 0.1) is 0 Å². The number of piperidine rings is 2. The van der Waals surface area contributed by atoms with E-state index in [9.17, 15) is 9.59 Å². The lowest BCUT2D eigenvalue weighted by molar-refractivity contribution is -0.134. The number of carbonyl (C=O) groups excluding carboxylic acids is 2. The zero-order valence-corrected chi connectivity index (χ0v) is 26.9. The van der Waals surface area contributed by atoms with Crippen molar-refractivity contribution in [1.29, 1.82) is 0 Å². The van der Waals surface area contributed by atoms with E-state index in [0.717, 1.165) is 67.5 Å². The summed E-state index contributed by atoms with van der Waals surface area (Å²) in [6.07, 6.45) is 13.9. The first-order valence-corrected chi connectivity index (χ1v) is 16.3. The first kappa shape index (κ1) is 32.0. The van der Waals surface area contributed by atoms with Gasteiger partial charge in [-0.1, -0.05) is 62.0 Å². The van der Waals surface area contributed by atoms with E-state index < -0.39 is 0 Å². The van der Waals surface area contributed by atoms with E-state index in [0.29, 0.717) is 37.3 Å². The lowest BCUT2D eigenvalue weighted by Gasteiger charge is -2.39. The number of hydrogen-bond donors (Lipinski definition) is 2. The Morgan fingerprint density at radius 3 is 2.31 bits per heavy atom. The zero-order valence-electron chi connectivity index (χ0n) is 23.0. The summed E-state index contributed by atoms with van der Waals surface area (Å²) in [5.74, 6) is 1.66. The van der Waals surface area contributed by atoms with Crippen molar-refractivity contribution in [2.24, 2.45) is 23.3 Å². The molecule has 3 amide bonds. The van der Waals surface area contributed by atoms with Crippen LogP contribution in [0.2, 0.25) is 5.02 Å². The maximum absolute atomic E-state index is 13.1. The molecule has 0 spiro atoms. The number of amides is 3. The van der Waals surface area contributed by atoms with E-state index in [2.05, 4.69) is 61.9 Å². The van der Waals surface area contributed by atoms with Crippen LogP contribution in [-0.2, 0) is 11.2 Å². The molecule has 2 heterocycles. The third kappa shape index (κ3) is 9.25. The van der Waals surface area contributed by atoms with E-state index in [4.69, 9.17) is 23.1 Å². The molecule has 2 aliphatic heterocycles. The molecule has 4 rings (SSSR count). The fourth-order valence-electron chi connectivity index (χ4n) is 6.41. The van der Waals surface area contributed by atoms with Crippen molar-refractivity contribution in [3.63, 3.8) is 0 Å². The third-order valence-electron chi connectivity index (χ3n) is 8.39. The molecule has 4 N–H and O–H groups in total. The summed E-state index contributed by atoms with van der Waals surface area (Å²) < 4.78 is 1.14. The van der Waals surface area contributed by atoms with Gasteiger partial charge in [-0.3, -0.25) is 4.79 Å². The summed E-state index contributed by atoms with van der Waals surface area (Å²) in [5, 5.41) is 0.807. The smallest absolute Gasteiger partial charge is 0.314 e. The number of fused-ring (bicyclic) bond motifs is 1. The van der Waals surface area contributed by atoms with Gasteiger partial charge < -0.3 is 21.3 Å². The van der Waals surface area contributed by atoms with Crippen LogP contribution in [0.3, 0.4) is 0 Å². The van der Waals surface area contributed by atoms with Crippen LogP contribution in [0.5, 0.6) is 0 Å². The van der Waals surface area contributed by atoms with Gasteiger partial charge in [0.15, 0.2) is 0 Å². The maximum atomic E-state index is 13.1. The number of rotatable bonds is 4. The number of carbonyl (C=O) groups is 2. The van der Waals surface area contributed by atoms with Crippen LogP contribution in [0.25, 0.3) is 0 Å². The molecule has 216 valence electrons. The number of allylic oxidation sites excluding steroid dienone is 2. The van der Waals surface area contributed by atoms with E-state index in [1.165, 1.54) is 30.2 Å². The topological polar surface area (TPSA) is 92.7 Å². The quantitative estimate of drug-likeness (QED) is 0.322. The predicted molar refractivity (Wildman–Crippen MR) is 168 cm³/mol. The van der Waals surface area contributed by atoms with Crippen LogP contribution in [0, 0.1) is 11.8 Å². The average molecular weight is 687 g/mol. The third-order valence-corrected chi connectivity index (χ3v) is 9.57. The number of halogens is 3. The van der Waals surface area contributed by atoms with Crippen molar-refractivity contribution >= 4 is 55.4 Å². The largest absolute Gasteiger partial charge is 0.404 e. The summed E-state index contributed by atoms with van der Waals surface area (Å²) >= 11 is 13.2. The standard InChI is InChI=1S/C28H39BrClN3O2.C2H4BrN/c1-2-4-19-5-3-6-22-17-23(30)18-25(29)27(22)24(15-19)21-9-13-32(14-10-21)26(34)16-20-7-11-33(12-8-20)28(31)35;3-1-2-4/h4,17-18,20-21,24H,2-3,5-16H2,1H3,(H2,31,35);1-2H,4H2/b19-4-;2-1+. The molecule has 1 atom stereocenters. The van der Waals surface area contributed by atoms with Crippen LogP contribution in [0.1, 0.15) is 81.8 Å². The first-order valence-electron chi connectivity index (χ1n) is 14.2. The number of hydrogen-bond acceptors (Lipinski definition) is 3. The maximum Gasteiger partial charge on any atom is 0.314 e. The van der Waals surface area contributed by atoms with E-state index >= 15 is 0 Å². The first-order chi connectivity index (χ1) is 18.8. The van der Waals surface area contributed by atoms with Crippen molar-refractivity contribution < 1.29 is 9.59 Å². The Kier molecular flexibility index (Phi) is 13.2. The molecule has 1 aliphatic carbocycles. The molecule has 1 unspecified atom stereocenters. The Labute approximate surface area is 255 Å². The van der Waals surface area contributed by atoms with Crippen LogP contribution < -0.4 is 11.5 Å². The van der Waals surface area contributed by atoms with Crippen LogP contribution in [0.15, 0.2) is 39.4 Å². The minimum atomic E-state index is -0.349. The molecule has 0 aromatic heterocycles. The Morgan fingerprint density at radius 2 is 1.72 bits per heavy atom. The molecule has 6 nitrogen and oxygen atoms in total. The van der Waals surface area contributed by atoms with E-state index in [1.807, 2.05) is 0 Å². The molecule has 0 radical (unpaired) electrons. The molecule has 1 aromatic carbocycles. The summed E-state index contributed by atoms with van der Waals surface area (Å²) in [6.45, 7) is 5.25. The Bertz CT molecular complexity index is 1030. The molecule has 0 bridgehead atoms. The Hall–Kier alpha value is -1.51. The van der Waals surface area contributed by atoms with Crippen LogP contribution in [0.4, 0.5) is 4.79 Å². The predicted octanol–water partition coefficient (Wildman–Crippen LogP) is 7.48. The second-order valence-electron chi connectivity index (χ2n) is 10.9. The zero-order chi connectivity index (χ0) is 28.4. The van der Waals surface area contributed by atoms with Gasteiger partial charge in [-0.2, -0.15) is 0 Å². The van der Waals surface area contributed by atoms with Gasteiger partial charge in [0.2, 0.25) is 5.91 Å². The minimum absolute atomic E-state index is 0.276. The molecule has 1 aromatic rings. The second kappa shape index (κ2) is 16.1. The highest BCUT2D eigenvalue weighted by Gasteiger charge is 2.34. The number of benzene rings is 1. The molecule has 39 heavy (non-hydrogen) atoms. The van der Waals surface area contributed by atoms with Crippen molar-refractivity contribution in [3.8, 4) is 0 Å². The minimum Gasteiger partial charge on any atom is -0.404 e. The number of nitrogens with zero attached hydrogens (tertiary/aromatic N) is 2. The van der Waals surface area contributed by atoms with Crippen LogP contribution >= 0.6 is 43.5 Å². The van der Waals surface area contributed by atoms with Gasteiger partial charge in [-0.15, -0.1) is 0 Å². The summed E-state index contributed by atoms with van der Waals surface area (Å²) in [5.41, 5.74) is 14.6. The van der Waals surface area contributed by atoms with E-state index in [1.54, 1.807) is 15.5 Å². The normalized spacial score (nSPS) is 22.2. The van der Waals surface area contributed by atoms with E-state index in [-0.39, 0.29) is 11.9 Å². The van der Waals surface area contributed by atoms with Crippen molar-refractivity contribution in [2.45, 2.75) is 77.0 Å². The van der Waals surface area contributed by atoms with Crippen molar-refractivity contribution in [2.75, 3.05) is 26.2 Å². The summed E-state index contributed by atoms with van der Waals surface area (Å²) in [7, 11) is 0. The molecule has 0 saturated carbocycles. The van der Waals surface area contributed by atoms with Gasteiger partial charge in [0.1, 0.15) is 0 Å². The molecular weight excluding hydrogens is 644 g/mol. The number of primary amides is 1. The Balaban J connectivity index is 0.000000983. The number of nitrogens with two attached hydrogens (primary N) is 2. The van der Waals surface area contributed by atoms with Gasteiger partial charge in [0, 0.05) is 48.3 Å². The van der Waals surface area contributed by atoms with Crippen molar-refractivity contribution in [3.05, 3.63) is 55.6 Å². The molecule has 9 heteroatoms. The highest BCUT2D eigenvalue weighted by Crippen LogP contribution is 2.45. The van der Waals surface area contributed by atoms with Gasteiger partial charge in [-0.05, 0) is 104 Å².